The summed E-state index contributed by atoms with van der Waals surface area (Å²) >= 11 is 0. The summed E-state index contributed by atoms with van der Waals surface area (Å²) in [5.41, 5.74) is 0.531. The maximum absolute atomic E-state index is 12.4. The van der Waals surface area contributed by atoms with Gasteiger partial charge in [-0.2, -0.15) is 0 Å². The lowest BCUT2D eigenvalue weighted by Crippen LogP contribution is -2.61. The molecular formula is C20H35NO3. The highest BCUT2D eigenvalue weighted by Crippen LogP contribution is 2.69. The Morgan fingerprint density at radius 1 is 1.33 bits per heavy atom. The lowest BCUT2D eigenvalue weighted by molar-refractivity contribution is -0.160. The van der Waals surface area contributed by atoms with Crippen molar-refractivity contribution in [2.45, 2.75) is 72.4 Å². The minimum absolute atomic E-state index is 0.134. The van der Waals surface area contributed by atoms with Gasteiger partial charge in [-0.1, -0.05) is 34.6 Å². The number of rotatable bonds is 4. The number of fused-ring (bicyclic) bond motifs is 1. The van der Waals surface area contributed by atoms with Crippen molar-refractivity contribution in [3.63, 3.8) is 0 Å². The molecule has 0 aromatic heterocycles. The fourth-order valence-corrected chi connectivity index (χ4v) is 6.07. The second kappa shape index (κ2) is 5.98. The van der Waals surface area contributed by atoms with Gasteiger partial charge in [0.2, 0.25) is 5.91 Å². The Kier molecular flexibility index (Phi) is 4.53. The molecule has 0 unspecified atom stereocenters. The number of ether oxygens (including phenoxy) is 2. The van der Waals surface area contributed by atoms with Gasteiger partial charge in [0, 0.05) is 26.2 Å². The molecule has 1 amide bonds. The fourth-order valence-electron chi connectivity index (χ4n) is 6.07. The van der Waals surface area contributed by atoms with Crippen LogP contribution < -0.4 is 5.32 Å². The summed E-state index contributed by atoms with van der Waals surface area (Å²) < 4.78 is 11.3. The molecule has 1 heterocycles. The second-order valence-electron chi connectivity index (χ2n) is 9.95. The van der Waals surface area contributed by atoms with E-state index in [0.29, 0.717) is 31.0 Å². The number of carbonyl (C=O) groups excluding carboxylic acids is 1. The molecule has 0 radical (unpaired) electrons. The maximum atomic E-state index is 12.4. The van der Waals surface area contributed by atoms with Crippen molar-refractivity contribution in [1.29, 1.82) is 0 Å². The smallest absolute Gasteiger partial charge is 0.222 e. The van der Waals surface area contributed by atoms with Crippen LogP contribution in [0.2, 0.25) is 0 Å². The monoisotopic (exact) mass is 337 g/mol. The predicted octanol–water partition coefficient (Wildman–Crippen LogP) is 3.40. The lowest BCUT2D eigenvalue weighted by Gasteiger charge is -2.55. The number of hydrogen-bond donors (Lipinski definition) is 1. The van der Waals surface area contributed by atoms with Crippen molar-refractivity contribution in [1.82, 2.24) is 5.32 Å². The number of nitrogens with one attached hydrogen (secondary N) is 1. The quantitative estimate of drug-likeness (QED) is 0.855. The first-order valence-electron chi connectivity index (χ1n) is 9.53. The Hall–Kier alpha value is -0.610. The molecule has 2 saturated carbocycles. The molecule has 0 aromatic rings. The van der Waals surface area contributed by atoms with Crippen molar-refractivity contribution in [3.05, 3.63) is 0 Å². The van der Waals surface area contributed by atoms with E-state index in [2.05, 4.69) is 39.9 Å². The largest absolute Gasteiger partial charge is 0.384 e. The van der Waals surface area contributed by atoms with Gasteiger partial charge in [0.1, 0.15) is 0 Å². The zero-order chi connectivity index (χ0) is 17.8. The molecule has 1 spiro atoms. The molecule has 4 heteroatoms. The summed E-state index contributed by atoms with van der Waals surface area (Å²) in [5, 5.41) is 3.42. The van der Waals surface area contributed by atoms with Gasteiger partial charge in [0.25, 0.3) is 0 Å². The SMILES string of the molecule is COCCC(=O)N[C@H]1C(C)(C)[C@@H]2C[C@@H]3[C@@H](C(C)(C)C)OCC[C@@]31C2. The molecule has 2 bridgehead atoms. The van der Waals surface area contributed by atoms with E-state index in [0.717, 1.165) is 13.0 Å². The van der Waals surface area contributed by atoms with Crippen LogP contribution in [0.3, 0.4) is 0 Å². The first-order chi connectivity index (χ1) is 11.1. The third-order valence-electron chi connectivity index (χ3n) is 7.20. The van der Waals surface area contributed by atoms with E-state index < -0.39 is 0 Å². The Morgan fingerprint density at radius 3 is 2.67 bits per heavy atom. The van der Waals surface area contributed by atoms with Crippen molar-refractivity contribution in [2.24, 2.45) is 28.1 Å². The zero-order valence-corrected chi connectivity index (χ0v) is 16.3. The van der Waals surface area contributed by atoms with Crippen LogP contribution >= 0.6 is 0 Å². The average Bonchev–Trinajstić information content (AvgIpc) is 2.97. The highest BCUT2D eigenvalue weighted by molar-refractivity contribution is 5.76. The van der Waals surface area contributed by atoms with Crippen LogP contribution in [0.1, 0.15) is 60.3 Å². The molecule has 24 heavy (non-hydrogen) atoms. The van der Waals surface area contributed by atoms with Gasteiger partial charge in [-0.05, 0) is 47.3 Å². The van der Waals surface area contributed by atoms with Gasteiger partial charge in [0.05, 0.1) is 12.7 Å². The van der Waals surface area contributed by atoms with Gasteiger partial charge in [-0.15, -0.1) is 0 Å². The van der Waals surface area contributed by atoms with Crippen molar-refractivity contribution in [3.8, 4) is 0 Å². The van der Waals surface area contributed by atoms with Crippen LogP contribution in [-0.2, 0) is 14.3 Å². The van der Waals surface area contributed by atoms with Gasteiger partial charge < -0.3 is 14.8 Å². The molecule has 3 aliphatic rings. The third-order valence-corrected chi connectivity index (χ3v) is 7.20. The summed E-state index contributed by atoms with van der Waals surface area (Å²) in [6.07, 6.45) is 4.33. The minimum atomic E-state index is 0.134. The zero-order valence-electron chi connectivity index (χ0n) is 16.3. The Morgan fingerprint density at radius 2 is 2.04 bits per heavy atom. The number of methoxy groups -OCH3 is 1. The molecular weight excluding hydrogens is 302 g/mol. The fraction of sp³-hybridized carbons (Fsp3) is 0.950. The van der Waals surface area contributed by atoms with E-state index in [1.807, 2.05) is 0 Å². The summed E-state index contributed by atoms with van der Waals surface area (Å²) in [4.78, 5) is 12.4. The summed E-state index contributed by atoms with van der Waals surface area (Å²) in [6.45, 7) is 12.9. The van der Waals surface area contributed by atoms with E-state index >= 15 is 0 Å². The van der Waals surface area contributed by atoms with Crippen LogP contribution in [0, 0.1) is 28.1 Å². The van der Waals surface area contributed by atoms with Gasteiger partial charge >= 0.3 is 0 Å². The minimum Gasteiger partial charge on any atom is -0.384 e. The van der Waals surface area contributed by atoms with E-state index in [1.165, 1.54) is 12.8 Å². The Bertz CT molecular complexity index is 496. The van der Waals surface area contributed by atoms with Crippen molar-refractivity contribution >= 4 is 5.91 Å². The average molecular weight is 338 g/mol. The molecule has 2 aliphatic carbocycles. The van der Waals surface area contributed by atoms with Gasteiger partial charge in [0.15, 0.2) is 0 Å². The molecule has 5 atom stereocenters. The summed E-state index contributed by atoms with van der Waals surface area (Å²) in [7, 11) is 1.65. The first-order valence-corrected chi connectivity index (χ1v) is 9.53. The molecule has 1 aliphatic heterocycles. The summed E-state index contributed by atoms with van der Waals surface area (Å²) in [5.74, 6) is 1.38. The predicted molar refractivity (Wildman–Crippen MR) is 94.7 cm³/mol. The number of hydrogen-bond acceptors (Lipinski definition) is 3. The number of carbonyl (C=O) groups is 1. The summed E-state index contributed by atoms with van der Waals surface area (Å²) in [6, 6.07) is 0.256. The Labute approximate surface area is 147 Å². The molecule has 3 fully saturated rings. The van der Waals surface area contributed by atoms with Crippen LogP contribution in [0.25, 0.3) is 0 Å². The Balaban J connectivity index is 1.86. The van der Waals surface area contributed by atoms with Crippen LogP contribution in [0.5, 0.6) is 0 Å². The topological polar surface area (TPSA) is 47.6 Å². The molecule has 1 N–H and O–H groups in total. The highest BCUT2D eigenvalue weighted by atomic mass is 16.5. The van der Waals surface area contributed by atoms with Crippen LogP contribution in [0.4, 0.5) is 0 Å². The van der Waals surface area contributed by atoms with Gasteiger partial charge in [-0.25, -0.2) is 0 Å². The van der Waals surface area contributed by atoms with Crippen molar-refractivity contribution in [2.75, 3.05) is 20.3 Å². The normalized spacial score (nSPS) is 40.4. The molecule has 0 aromatic carbocycles. The van der Waals surface area contributed by atoms with E-state index in [1.54, 1.807) is 7.11 Å². The number of amides is 1. The van der Waals surface area contributed by atoms with E-state index in [9.17, 15) is 4.79 Å². The standard InChI is InChI=1S/C20H35NO3/c1-18(2,3)16-14-11-13-12-20(14,8-10-24-16)17(19(13,4)5)21-15(22)7-9-23-6/h13-14,16-17H,7-12H2,1-6H3,(H,21,22)/t13-,14-,16+,17+,20-/m1/s1. The molecule has 1 saturated heterocycles. The lowest BCUT2D eigenvalue weighted by atomic mass is 9.57. The van der Waals surface area contributed by atoms with Gasteiger partial charge in [-0.3, -0.25) is 4.79 Å². The second-order valence-corrected chi connectivity index (χ2v) is 9.95. The highest BCUT2D eigenvalue weighted by Gasteiger charge is 2.69. The van der Waals surface area contributed by atoms with Crippen molar-refractivity contribution < 1.29 is 14.3 Å². The first kappa shape index (κ1) is 18.2. The molecule has 4 nitrogen and oxygen atoms in total. The molecule has 138 valence electrons. The van der Waals surface area contributed by atoms with Crippen LogP contribution in [0.15, 0.2) is 0 Å². The molecule has 3 rings (SSSR count). The van der Waals surface area contributed by atoms with E-state index in [4.69, 9.17) is 9.47 Å². The van der Waals surface area contributed by atoms with Crippen LogP contribution in [-0.4, -0.2) is 38.4 Å². The maximum Gasteiger partial charge on any atom is 0.222 e. The third kappa shape index (κ3) is 2.70. The van der Waals surface area contributed by atoms with E-state index in [-0.39, 0.29) is 28.2 Å².